The molecule has 1 N–H and O–H groups in total. The van der Waals surface area contributed by atoms with Crippen LogP contribution in [0.15, 0.2) is 6.07 Å². The molecule has 2 rings (SSSR count). The maximum Gasteiger partial charge on any atom is 0.186 e. The van der Waals surface area contributed by atoms with Crippen molar-refractivity contribution in [2.45, 2.75) is 27.7 Å². The molecule has 0 aliphatic rings. The van der Waals surface area contributed by atoms with Gasteiger partial charge >= 0.3 is 0 Å². The normalized spacial score (nSPS) is 10.7. The van der Waals surface area contributed by atoms with E-state index in [1.165, 1.54) is 4.88 Å². The first-order chi connectivity index (χ1) is 8.52. The van der Waals surface area contributed by atoms with Crippen LogP contribution in [-0.2, 0) is 0 Å². The minimum absolute atomic E-state index is 0.281. The van der Waals surface area contributed by atoms with E-state index in [1.807, 2.05) is 26.8 Å². The van der Waals surface area contributed by atoms with E-state index in [0.29, 0.717) is 18.1 Å². The smallest absolute Gasteiger partial charge is 0.186 e. The van der Waals surface area contributed by atoms with Crippen LogP contribution in [0.4, 0.5) is 10.2 Å². The highest BCUT2D eigenvalue weighted by Gasteiger charge is 2.14. The van der Waals surface area contributed by atoms with Gasteiger partial charge < -0.3 is 5.32 Å². The van der Waals surface area contributed by atoms with E-state index in [9.17, 15) is 4.39 Å². The van der Waals surface area contributed by atoms with Crippen molar-refractivity contribution >= 4 is 17.2 Å². The zero-order valence-corrected chi connectivity index (χ0v) is 11.8. The van der Waals surface area contributed by atoms with Gasteiger partial charge in [-0.3, -0.25) is 0 Å². The summed E-state index contributed by atoms with van der Waals surface area (Å²) in [7, 11) is 0. The molecule has 0 fully saturated rings. The lowest BCUT2D eigenvalue weighted by molar-refractivity contribution is 0.606. The molecule has 0 aliphatic heterocycles. The van der Waals surface area contributed by atoms with E-state index in [4.69, 9.17) is 0 Å². The van der Waals surface area contributed by atoms with Crippen LogP contribution in [0, 0.1) is 26.6 Å². The first kappa shape index (κ1) is 13.0. The molecule has 96 valence electrons. The number of aromatic nitrogens is 2. The van der Waals surface area contributed by atoms with Gasteiger partial charge in [0.1, 0.15) is 0 Å². The zero-order valence-electron chi connectivity index (χ0n) is 11.0. The van der Waals surface area contributed by atoms with Crippen molar-refractivity contribution < 1.29 is 4.39 Å². The van der Waals surface area contributed by atoms with Gasteiger partial charge in [-0.1, -0.05) is 0 Å². The molecule has 0 saturated heterocycles. The van der Waals surface area contributed by atoms with Crippen LogP contribution in [0.5, 0.6) is 0 Å². The quantitative estimate of drug-likeness (QED) is 0.919. The molecule has 5 heteroatoms. The highest BCUT2D eigenvalue weighted by Crippen LogP contribution is 2.29. The van der Waals surface area contributed by atoms with Crippen molar-refractivity contribution in [3.63, 3.8) is 0 Å². The number of hydrogen-bond donors (Lipinski definition) is 1. The molecule has 3 nitrogen and oxygen atoms in total. The molecule has 0 bridgehead atoms. The van der Waals surface area contributed by atoms with Gasteiger partial charge in [0.05, 0.1) is 5.69 Å². The van der Waals surface area contributed by atoms with Crippen molar-refractivity contribution in [1.29, 1.82) is 0 Å². The predicted octanol–water partition coefficient (Wildman–Crippen LogP) is 3.70. The maximum atomic E-state index is 13.8. The summed E-state index contributed by atoms with van der Waals surface area (Å²) in [5, 5.41) is 2.93. The van der Waals surface area contributed by atoms with Crippen molar-refractivity contribution in [3.8, 4) is 11.4 Å². The average Bonchev–Trinajstić information content (AvgIpc) is 2.64. The molecule has 0 atom stereocenters. The molecule has 2 aromatic heterocycles. The van der Waals surface area contributed by atoms with Crippen molar-refractivity contribution in [1.82, 2.24) is 9.97 Å². The number of hydrogen-bond acceptors (Lipinski definition) is 4. The average molecular weight is 265 g/mol. The number of nitrogens with zero attached hydrogens (tertiary/aromatic N) is 2. The van der Waals surface area contributed by atoms with Crippen LogP contribution in [0.1, 0.15) is 22.4 Å². The zero-order chi connectivity index (χ0) is 13.3. The Bertz CT molecular complexity index is 578. The Kier molecular flexibility index (Phi) is 3.61. The van der Waals surface area contributed by atoms with Gasteiger partial charge in [-0.2, -0.15) is 0 Å². The van der Waals surface area contributed by atoms with Gasteiger partial charge in [0.2, 0.25) is 0 Å². The second-order valence-electron chi connectivity index (χ2n) is 4.15. The summed E-state index contributed by atoms with van der Waals surface area (Å²) in [6, 6.07) is 2.04. The molecule has 2 heterocycles. The SMILES string of the molecule is CCNc1nc(-c2cc(C)sc2C)nc(C)c1F. The third kappa shape index (κ3) is 2.36. The van der Waals surface area contributed by atoms with Gasteiger partial charge in [0, 0.05) is 21.9 Å². The van der Waals surface area contributed by atoms with Crippen LogP contribution >= 0.6 is 11.3 Å². The van der Waals surface area contributed by atoms with Crippen LogP contribution in [0.25, 0.3) is 11.4 Å². The van der Waals surface area contributed by atoms with Crippen LogP contribution in [-0.4, -0.2) is 16.5 Å². The number of thiophene rings is 1. The van der Waals surface area contributed by atoms with Gasteiger partial charge in [0.15, 0.2) is 17.5 Å². The molecule has 0 radical (unpaired) electrons. The van der Waals surface area contributed by atoms with Gasteiger partial charge in [-0.15, -0.1) is 11.3 Å². The molecule has 0 amide bonds. The highest BCUT2D eigenvalue weighted by molar-refractivity contribution is 7.12. The third-order valence-electron chi connectivity index (χ3n) is 2.64. The van der Waals surface area contributed by atoms with Crippen LogP contribution in [0.2, 0.25) is 0 Å². The molecule has 18 heavy (non-hydrogen) atoms. The number of halogens is 1. The summed E-state index contributed by atoms with van der Waals surface area (Å²) in [5.41, 5.74) is 1.36. The minimum Gasteiger partial charge on any atom is -0.368 e. The minimum atomic E-state index is -0.370. The molecule has 0 aromatic carbocycles. The lowest BCUT2D eigenvalue weighted by Crippen LogP contribution is -2.06. The lowest BCUT2D eigenvalue weighted by atomic mass is 10.2. The van der Waals surface area contributed by atoms with Gasteiger partial charge in [-0.25, -0.2) is 14.4 Å². The Morgan fingerprint density at radius 1 is 1.28 bits per heavy atom. The fraction of sp³-hybridized carbons (Fsp3) is 0.385. The summed E-state index contributed by atoms with van der Waals surface area (Å²) in [6.07, 6.45) is 0. The fourth-order valence-corrected chi connectivity index (χ4v) is 2.74. The van der Waals surface area contributed by atoms with E-state index in [2.05, 4.69) is 15.3 Å². The lowest BCUT2D eigenvalue weighted by Gasteiger charge is -2.08. The largest absolute Gasteiger partial charge is 0.368 e. The predicted molar refractivity (Wildman–Crippen MR) is 73.7 cm³/mol. The van der Waals surface area contributed by atoms with E-state index in [-0.39, 0.29) is 11.6 Å². The van der Waals surface area contributed by atoms with Crippen molar-refractivity contribution in [3.05, 3.63) is 27.3 Å². The molecule has 0 aliphatic carbocycles. The summed E-state index contributed by atoms with van der Waals surface area (Å²) >= 11 is 1.70. The Hall–Kier alpha value is -1.49. The fourth-order valence-electron chi connectivity index (χ4n) is 1.82. The van der Waals surface area contributed by atoms with Gasteiger partial charge in [0.25, 0.3) is 0 Å². The van der Waals surface area contributed by atoms with Crippen molar-refractivity contribution in [2.24, 2.45) is 0 Å². The molecular weight excluding hydrogens is 249 g/mol. The van der Waals surface area contributed by atoms with Crippen LogP contribution in [0.3, 0.4) is 0 Å². The third-order valence-corrected chi connectivity index (χ3v) is 3.61. The Balaban J connectivity index is 2.55. The number of aryl methyl sites for hydroxylation is 3. The summed E-state index contributed by atoms with van der Waals surface area (Å²) in [5.74, 6) is 0.500. The second kappa shape index (κ2) is 5.02. The van der Waals surface area contributed by atoms with E-state index < -0.39 is 0 Å². The molecule has 2 aromatic rings. The standard InChI is InChI=1S/C13H16FN3S/c1-5-15-13-11(14)8(3)16-12(17-13)10-6-7(2)18-9(10)4/h6H,5H2,1-4H3,(H,15,16,17). The first-order valence-corrected chi connectivity index (χ1v) is 6.70. The maximum absolute atomic E-state index is 13.8. The van der Waals surface area contributed by atoms with E-state index in [1.54, 1.807) is 18.3 Å². The Morgan fingerprint density at radius 2 is 2.00 bits per heavy atom. The summed E-state index contributed by atoms with van der Waals surface area (Å²) in [4.78, 5) is 10.9. The van der Waals surface area contributed by atoms with Crippen LogP contribution < -0.4 is 5.32 Å². The number of rotatable bonds is 3. The Morgan fingerprint density at radius 3 is 2.56 bits per heavy atom. The number of nitrogens with one attached hydrogen (secondary N) is 1. The molecule has 0 spiro atoms. The molecule has 0 saturated carbocycles. The topological polar surface area (TPSA) is 37.8 Å². The summed E-state index contributed by atoms with van der Waals surface area (Å²) < 4.78 is 13.8. The highest BCUT2D eigenvalue weighted by atomic mass is 32.1. The van der Waals surface area contributed by atoms with Crippen molar-refractivity contribution in [2.75, 3.05) is 11.9 Å². The van der Waals surface area contributed by atoms with E-state index in [0.717, 1.165) is 10.4 Å². The first-order valence-electron chi connectivity index (χ1n) is 5.88. The summed E-state index contributed by atoms with van der Waals surface area (Å²) in [6.45, 7) is 8.28. The van der Waals surface area contributed by atoms with E-state index >= 15 is 0 Å². The second-order valence-corrected chi connectivity index (χ2v) is 5.61. The number of anilines is 1. The monoisotopic (exact) mass is 265 g/mol. The van der Waals surface area contributed by atoms with Gasteiger partial charge in [-0.05, 0) is 33.8 Å². The molecule has 0 unspecified atom stereocenters. The molecular formula is C13H16FN3S. The Labute approximate surface area is 110 Å².